The molecular formula is C12H13N3O6. The zero-order valence-corrected chi connectivity index (χ0v) is 11.0. The molecule has 0 aromatic heterocycles. The topological polar surface area (TPSA) is 153 Å². The number of hydrogen-bond acceptors (Lipinski definition) is 5. The molecule has 0 saturated carbocycles. The van der Waals surface area contributed by atoms with Crippen LogP contribution in [0.1, 0.15) is 22.3 Å². The largest absolute Gasteiger partial charge is 0.480 e. The number of carbonyl (C=O) groups is 3. The Labute approximate surface area is 118 Å². The van der Waals surface area contributed by atoms with E-state index in [0.29, 0.717) is 0 Å². The van der Waals surface area contributed by atoms with E-state index < -0.39 is 35.2 Å². The molecular weight excluding hydrogens is 282 g/mol. The molecule has 4 N–H and O–H groups in total. The zero-order chi connectivity index (χ0) is 16.2. The van der Waals surface area contributed by atoms with Crippen LogP contribution in [0.5, 0.6) is 0 Å². The Morgan fingerprint density at radius 3 is 2.52 bits per heavy atom. The lowest BCUT2D eigenvalue weighted by Gasteiger charge is -2.13. The van der Waals surface area contributed by atoms with Gasteiger partial charge in [-0.3, -0.25) is 19.7 Å². The summed E-state index contributed by atoms with van der Waals surface area (Å²) < 4.78 is 0. The molecule has 1 aromatic carbocycles. The van der Waals surface area contributed by atoms with Crippen molar-refractivity contribution in [1.82, 2.24) is 5.32 Å². The normalized spacial score (nSPS) is 11.5. The van der Waals surface area contributed by atoms with E-state index in [2.05, 4.69) is 5.32 Å². The summed E-state index contributed by atoms with van der Waals surface area (Å²) in [5, 5.41) is 21.8. The summed E-state index contributed by atoms with van der Waals surface area (Å²) in [5.74, 6) is -3.14. The first-order valence-corrected chi connectivity index (χ1v) is 5.80. The SMILES string of the molecule is Cc1c(C(=O)N[C@@H](CC(N)=O)C(=O)O)cccc1[N+](=O)[O-]. The number of nitrogens with one attached hydrogen (secondary N) is 1. The average Bonchev–Trinajstić information content (AvgIpc) is 2.36. The number of aliphatic carboxylic acids is 1. The number of nitro groups is 1. The Balaban J connectivity index is 3.03. The van der Waals surface area contributed by atoms with Crippen molar-refractivity contribution in [2.75, 3.05) is 0 Å². The third-order valence-corrected chi connectivity index (χ3v) is 2.76. The highest BCUT2D eigenvalue weighted by Crippen LogP contribution is 2.21. The van der Waals surface area contributed by atoms with E-state index >= 15 is 0 Å². The number of primary amides is 1. The van der Waals surface area contributed by atoms with Crippen LogP contribution in [0.25, 0.3) is 0 Å². The van der Waals surface area contributed by atoms with Crippen LogP contribution in [0.4, 0.5) is 5.69 Å². The van der Waals surface area contributed by atoms with Crippen molar-refractivity contribution in [3.05, 3.63) is 39.4 Å². The van der Waals surface area contributed by atoms with Crippen molar-refractivity contribution >= 4 is 23.5 Å². The molecule has 9 heteroatoms. The molecule has 0 spiro atoms. The number of benzene rings is 1. The first-order valence-electron chi connectivity index (χ1n) is 5.80. The lowest BCUT2D eigenvalue weighted by Crippen LogP contribution is -2.43. The van der Waals surface area contributed by atoms with Gasteiger partial charge in [-0.25, -0.2) is 4.79 Å². The van der Waals surface area contributed by atoms with Crippen LogP contribution < -0.4 is 11.1 Å². The second-order valence-electron chi connectivity index (χ2n) is 4.24. The Morgan fingerprint density at radius 1 is 1.43 bits per heavy atom. The summed E-state index contributed by atoms with van der Waals surface area (Å²) in [5.41, 5.74) is 4.70. The zero-order valence-electron chi connectivity index (χ0n) is 11.0. The third-order valence-electron chi connectivity index (χ3n) is 2.76. The monoisotopic (exact) mass is 295 g/mol. The molecule has 0 radical (unpaired) electrons. The summed E-state index contributed by atoms with van der Waals surface area (Å²) in [4.78, 5) is 43.8. The van der Waals surface area contributed by atoms with Gasteiger partial charge in [0, 0.05) is 17.2 Å². The summed E-state index contributed by atoms with van der Waals surface area (Å²) in [7, 11) is 0. The van der Waals surface area contributed by atoms with Gasteiger partial charge in [-0.15, -0.1) is 0 Å². The summed E-state index contributed by atoms with van der Waals surface area (Å²) in [6, 6.07) is 2.36. The van der Waals surface area contributed by atoms with Gasteiger partial charge in [0.1, 0.15) is 6.04 Å². The number of carboxylic acid groups (broad SMARTS) is 1. The standard InChI is InChI=1S/C12H13N3O6/c1-6-7(3-2-4-9(6)15(20)21)11(17)14-8(12(18)19)5-10(13)16/h2-4,8H,5H2,1H3,(H2,13,16)(H,14,17)(H,18,19)/t8-/m0/s1. The molecule has 2 amide bonds. The van der Waals surface area contributed by atoms with Gasteiger partial charge in [0.15, 0.2) is 0 Å². The van der Waals surface area contributed by atoms with Crippen molar-refractivity contribution in [1.29, 1.82) is 0 Å². The Bertz CT molecular complexity index is 613. The van der Waals surface area contributed by atoms with Crippen LogP contribution in [0.15, 0.2) is 18.2 Å². The van der Waals surface area contributed by atoms with E-state index in [0.717, 1.165) is 0 Å². The number of nitro benzene ring substituents is 1. The fourth-order valence-corrected chi connectivity index (χ4v) is 1.70. The van der Waals surface area contributed by atoms with Crippen molar-refractivity contribution in [3.8, 4) is 0 Å². The maximum absolute atomic E-state index is 12.0. The molecule has 0 saturated heterocycles. The second-order valence-corrected chi connectivity index (χ2v) is 4.24. The van der Waals surface area contributed by atoms with Crippen molar-refractivity contribution in [3.63, 3.8) is 0 Å². The van der Waals surface area contributed by atoms with E-state index in [1.807, 2.05) is 0 Å². The lowest BCUT2D eigenvalue weighted by atomic mass is 10.1. The van der Waals surface area contributed by atoms with E-state index in [9.17, 15) is 24.5 Å². The summed E-state index contributed by atoms with van der Waals surface area (Å²) >= 11 is 0. The average molecular weight is 295 g/mol. The van der Waals surface area contributed by atoms with Gasteiger partial charge in [-0.05, 0) is 13.0 Å². The highest BCUT2D eigenvalue weighted by molar-refractivity contribution is 5.99. The summed E-state index contributed by atoms with van der Waals surface area (Å²) in [6.45, 7) is 1.37. The Morgan fingerprint density at radius 2 is 2.05 bits per heavy atom. The third kappa shape index (κ3) is 4.00. The number of nitrogens with zero attached hydrogens (tertiary/aromatic N) is 1. The minimum Gasteiger partial charge on any atom is -0.480 e. The van der Waals surface area contributed by atoms with Crippen LogP contribution in [-0.4, -0.2) is 33.9 Å². The molecule has 1 atom stereocenters. The van der Waals surface area contributed by atoms with Crippen LogP contribution in [0.2, 0.25) is 0 Å². The van der Waals surface area contributed by atoms with Gasteiger partial charge in [-0.2, -0.15) is 0 Å². The van der Waals surface area contributed by atoms with Crippen LogP contribution in [0.3, 0.4) is 0 Å². The fraction of sp³-hybridized carbons (Fsp3) is 0.250. The van der Waals surface area contributed by atoms with Crippen LogP contribution in [-0.2, 0) is 9.59 Å². The van der Waals surface area contributed by atoms with E-state index in [1.54, 1.807) is 0 Å². The predicted molar refractivity (Wildman–Crippen MR) is 70.5 cm³/mol. The maximum Gasteiger partial charge on any atom is 0.326 e. The molecule has 0 aliphatic heterocycles. The summed E-state index contributed by atoms with van der Waals surface area (Å²) in [6.07, 6.45) is -0.574. The maximum atomic E-state index is 12.0. The number of hydrogen-bond donors (Lipinski definition) is 3. The van der Waals surface area contributed by atoms with E-state index in [-0.39, 0.29) is 16.8 Å². The van der Waals surface area contributed by atoms with Gasteiger partial charge in [0.05, 0.1) is 11.3 Å². The first-order chi connectivity index (χ1) is 9.73. The molecule has 112 valence electrons. The van der Waals surface area contributed by atoms with Gasteiger partial charge in [-0.1, -0.05) is 6.07 Å². The van der Waals surface area contributed by atoms with Gasteiger partial charge < -0.3 is 16.2 Å². The first kappa shape index (κ1) is 16.1. The van der Waals surface area contributed by atoms with Crippen molar-refractivity contribution in [2.24, 2.45) is 5.73 Å². The Hall–Kier alpha value is -2.97. The molecule has 9 nitrogen and oxygen atoms in total. The quantitative estimate of drug-likeness (QED) is 0.494. The number of amides is 2. The predicted octanol–water partition coefficient (Wildman–Crippen LogP) is -0.0384. The number of rotatable bonds is 6. The Kier molecular flexibility index (Phi) is 4.95. The molecule has 0 unspecified atom stereocenters. The van der Waals surface area contributed by atoms with Gasteiger partial charge in [0.2, 0.25) is 5.91 Å². The molecule has 0 aliphatic rings. The van der Waals surface area contributed by atoms with Crippen LogP contribution in [0, 0.1) is 17.0 Å². The minimum atomic E-state index is -1.49. The van der Waals surface area contributed by atoms with Crippen LogP contribution >= 0.6 is 0 Å². The lowest BCUT2D eigenvalue weighted by molar-refractivity contribution is -0.385. The number of carboxylic acids is 1. The molecule has 0 fully saturated rings. The molecule has 0 bridgehead atoms. The van der Waals surface area contributed by atoms with Crippen molar-refractivity contribution in [2.45, 2.75) is 19.4 Å². The molecule has 1 aromatic rings. The molecule has 0 aliphatic carbocycles. The second kappa shape index (κ2) is 6.46. The fourth-order valence-electron chi connectivity index (χ4n) is 1.70. The van der Waals surface area contributed by atoms with Gasteiger partial charge in [0.25, 0.3) is 11.6 Å². The highest BCUT2D eigenvalue weighted by atomic mass is 16.6. The molecule has 0 heterocycles. The smallest absolute Gasteiger partial charge is 0.326 e. The van der Waals surface area contributed by atoms with Crippen molar-refractivity contribution < 1.29 is 24.4 Å². The van der Waals surface area contributed by atoms with E-state index in [1.165, 1.54) is 25.1 Å². The number of carbonyl (C=O) groups excluding carboxylic acids is 2. The number of nitrogens with two attached hydrogens (primary N) is 1. The minimum absolute atomic E-state index is 0.0417. The molecule has 1 rings (SSSR count). The van der Waals surface area contributed by atoms with Gasteiger partial charge >= 0.3 is 5.97 Å². The highest BCUT2D eigenvalue weighted by Gasteiger charge is 2.25. The molecule has 21 heavy (non-hydrogen) atoms. The van der Waals surface area contributed by atoms with E-state index in [4.69, 9.17) is 10.8 Å².